The summed E-state index contributed by atoms with van der Waals surface area (Å²) in [6, 6.07) is 8.80. The van der Waals surface area contributed by atoms with Crippen molar-refractivity contribution in [2.75, 3.05) is 26.9 Å². The first-order valence-electron chi connectivity index (χ1n) is 14.2. The number of aliphatic hydroxyl groups is 1. The molecule has 0 saturated heterocycles. The highest BCUT2D eigenvalue weighted by Crippen LogP contribution is 2.29. The Balaban J connectivity index is 2.03. The molecule has 0 bridgehead atoms. The minimum atomic E-state index is -1.08. The summed E-state index contributed by atoms with van der Waals surface area (Å²) in [5.74, 6) is 0.370. The molecule has 40 heavy (non-hydrogen) atoms. The van der Waals surface area contributed by atoms with Crippen LogP contribution in [0, 0.1) is 5.92 Å². The lowest BCUT2D eigenvalue weighted by atomic mass is 9.83. The molecule has 4 atom stereocenters. The van der Waals surface area contributed by atoms with E-state index in [9.17, 15) is 14.7 Å². The van der Waals surface area contributed by atoms with Crippen LogP contribution in [0.5, 0.6) is 0 Å². The van der Waals surface area contributed by atoms with Crippen molar-refractivity contribution >= 4 is 12.2 Å². The van der Waals surface area contributed by atoms with Gasteiger partial charge in [-0.25, -0.2) is 9.59 Å². The molecule has 0 aromatic heterocycles. The van der Waals surface area contributed by atoms with Crippen molar-refractivity contribution < 1.29 is 38.4 Å². The van der Waals surface area contributed by atoms with Crippen LogP contribution in [-0.2, 0) is 30.3 Å². The second-order valence-corrected chi connectivity index (χ2v) is 11.0. The number of alkyl carbamates (subject to hydrolysis) is 2. The van der Waals surface area contributed by atoms with Gasteiger partial charge in [-0.1, -0.05) is 62.4 Å². The van der Waals surface area contributed by atoms with Gasteiger partial charge in [0.2, 0.25) is 0 Å². The molecular weight excluding hydrogens is 518 g/mol. The van der Waals surface area contributed by atoms with Crippen molar-refractivity contribution in [2.24, 2.45) is 5.92 Å². The Kier molecular flexibility index (Phi) is 15.3. The van der Waals surface area contributed by atoms with E-state index in [1.54, 1.807) is 20.8 Å². The second-order valence-electron chi connectivity index (χ2n) is 11.0. The monoisotopic (exact) mass is 567 g/mol. The SMILES string of the molecule is CCOC(OC)O[C@H]([C@H](CC1CCCCC1)NC(=O)OC(C)(C)C)[C@@H](O)CNCNC(=O)OCc1ccccc1. The van der Waals surface area contributed by atoms with Gasteiger partial charge in [0.15, 0.2) is 0 Å². The van der Waals surface area contributed by atoms with Crippen LogP contribution in [0.15, 0.2) is 30.3 Å². The van der Waals surface area contributed by atoms with E-state index in [4.69, 9.17) is 23.7 Å². The molecule has 2 amide bonds. The van der Waals surface area contributed by atoms with Crippen molar-refractivity contribution in [2.45, 2.75) is 103 Å². The molecule has 1 aromatic rings. The third kappa shape index (κ3) is 13.8. The van der Waals surface area contributed by atoms with Crippen molar-refractivity contribution in [3.05, 3.63) is 35.9 Å². The number of amides is 2. The lowest BCUT2D eigenvalue weighted by molar-refractivity contribution is -0.306. The Bertz CT molecular complexity index is 845. The molecule has 0 spiro atoms. The smallest absolute Gasteiger partial charge is 0.408 e. The fourth-order valence-electron chi connectivity index (χ4n) is 4.64. The first-order chi connectivity index (χ1) is 19.1. The topological polar surface area (TPSA) is 137 Å². The molecule has 2 rings (SSSR count). The molecule has 1 saturated carbocycles. The first kappa shape index (κ1) is 33.8. The number of hydrogen-bond acceptors (Lipinski definition) is 9. The summed E-state index contributed by atoms with van der Waals surface area (Å²) in [6.07, 6.45) is 3.01. The molecule has 228 valence electrons. The molecule has 0 aliphatic heterocycles. The van der Waals surface area contributed by atoms with Crippen LogP contribution in [0.2, 0.25) is 0 Å². The van der Waals surface area contributed by atoms with E-state index in [0.29, 0.717) is 18.9 Å². The molecule has 1 aliphatic carbocycles. The van der Waals surface area contributed by atoms with Crippen LogP contribution in [0.3, 0.4) is 0 Å². The molecule has 1 fully saturated rings. The van der Waals surface area contributed by atoms with Gasteiger partial charge in [-0.05, 0) is 45.6 Å². The Hall–Kier alpha value is -2.44. The molecule has 1 aromatic carbocycles. The highest BCUT2D eigenvalue weighted by molar-refractivity contribution is 5.68. The van der Waals surface area contributed by atoms with Gasteiger partial charge in [0.05, 0.1) is 18.8 Å². The Morgan fingerprint density at radius 2 is 1.77 bits per heavy atom. The largest absolute Gasteiger partial charge is 0.445 e. The minimum Gasteiger partial charge on any atom is -0.445 e. The Labute approximate surface area is 238 Å². The molecule has 1 unspecified atom stereocenters. The van der Waals surface area contributed by atoms with Crippen LogP contribution >= 0.6 is 0 Å². The molecule has 11 nitrogen and oxygen atoms in total. The van der Waals surface area contributed by atoms with Gasteiger partial charge < -0.3 is 39.4 Å². The quantitative estimate of drug-likeness (QED) is 0.172. The fraction of sp³-hybridized carbons (Fsp3) is 0.724. The van der Waals surface area contributed by atoms with Gasteiger partial charge in [-0.3, -0.25) is 5.32 Å². The number of aliphatic hydroxyl groups excluding tert-OH is 1. The van der Waals surface area contributed by atoms with Gasteiger partial charge in [-0.2, -0.15) is 0 Å². The van der Waals surface area contributed by atoms with Gasteiger partial charge in [0.1, 0.15) is 18.3 Å². The van der Waals surface area contributed by atoms with Crippen molar-refractivity contribution in [3.8, 4) is 0 Å². The predicted octanol–water partition coefficient (Wildman–Crippen LogP) is 4.04. The Morgan fingerprint density at radius 1 is 1.07 bits per heavy atom. The number of ether oxygens (including phenoxy) is 5. The third-order valence-corrected chi connectivity index (χ3v) is 6.48. The number of nitrogens with one attached hydrogen (secondary N) is 3. The summed E-state index contributed by atoms with van der Waals surface area (Å²) in [5, 5.41) is 19.8. The standard InChI is InChI=1S/C29H49N3O8/c1-6-37-28(36-5)39-25(23(17-21-13-9-7-10-14-21)32-27(35)40-29(2,3)4)24(33)18-30-20-31-26(34)38-19-22-15-11-8-12-16-22/h8,11-12,15-16,21,23-25,28,30,33H,6-7,9-10,13-14,17-20H2,1-5H3,(H,31,34)(H,32,35)/t23-,24-,25+,28?/m0/s1. The highest BCUT2D eigenvalue weighted by Gasteiger charge is 2.36. The molecule has 0 heterocycles. The highest BCUT2D eigenvalue weighted by atomic mass is 16.8. The molecule has 1 aliphatic rings. The van der Waals surface area contributed by atoms with Crippen LogP contribution in [-0.4, -0.2) is 74.6 Å². The van der Waals surface area contributed by atoms with Gasteiger partial charge in [-0.15, -0.1) is 0 Å². The van der Waals surface area contributed by atoms with E-state index in [-0.39, 0.29) is 19.8 Å². The summed E-state index contributed by atoms with van der Waals surface area (Å²) in [4.78, 5) is 24.9. The maximum absolute atomic E-state index is 12.8. The zero-order chi connectivity index (χ0) is 29.4. The lowest BCUT2D eigenvalue weighted by Crippen LogP contribution is -2.55. The van der Waals surface area contributed by atoms with Crippen molar-refractivity contribution in [1.29, 1.82) is 0 Å². The maximum Gasteiger partial charge on any atom is 0.408 e. The molecule has 4 N–H and O–H groups in total. The van der Waals surface area contributed by atoms with E-state index in [1.165, 1.54) is 13.5 Å². The van der Waals surface area contributed by atoms with Crippen molar-refractivity contribution in [1.82, 2.24) is 16.0 Å². The lowest BCUT2D eigenvalue weighted by Gasteiger charge is -2.36. The van der Waals surface area contributed by atoms with Crippen LogP contribution in [0.25, 0.3) is 0 Å². The summed E-state index contributed by atoms with van der Waals surface area (Å²) < 4.78 is 27.7. The molecular formula is C29H49N3O8. The fourth-order valence-corrected chi connectivity index (χ4v) is 4.64. The maximum atomic E-state index is 12.8. The number of carbonyl (C=O) groups is 2. The second kappa shape index (κ2) is 18.1. The van der Waals surface area contributed by atoms with E-state index >= 15 is 0 Å². The predicted molar refractivity (Wildman–Crippen MR) is 150 cm³/mol. The number of hydrogen-bond donors (Lipinski definition) is 4. The summed E-state index contributed by atoms with van der Waals surface area (Å²) in [6.45, 7) is 6.76. The number of rotatable bonds is 16. The summed E-state index contributed by atoms with van der Waals surface area (Å²) in [5.41, 5.74) is 0.196. The first-order valence-corrected chi connectivity index (χ1v) is 14.2. The van der Waals surface area contributed by atoms with E-state index in [0.717, 1.165) is 31.2 Å². The zero-order valence-corrected chi connectivity index (χ0v) is 24.6. The average molecular weight is 568 g/mol. The number of benzene rings is 1. The van der Waals surface area contributed by atoms with Gasteiger partial charge >= 0.3 is 12.2 Å². The van der Waals surface area contributed by atoms with E-state index < -0.39 is 42.5 Å². The van der Waals surface area contributed by atoms with E-state index in [1.807, 2.05) is 37.3 Å². The Morgan fingerprint density at radius 3 is 2.40 bits per heavy atom. The molecule has 0 radical (unpaired) electrons. The number of methoxy groups -OCH3 is 1. The summed E-state index contributed by atoms with van der Waals surface area (Å²) in [7, 11) is 1.45. The molecule has 11 heteroatoms. The zero-order valence-electron chi connectivity index (χ0n) is 24.6. The minimum absolute atomic E-state index is 0.0589. The summed E-state index contributed by atoms with van der Waals surface area (Å²) >= 11 is 0. The van der Waals surface area contributed by atoms with Gasteiger partial charge in [0.25, 0.3) is 6.48 Å². The van der Waals surface area contributed by atoms with Crippen LogP contribution < -0.4 is 16.0 Å². The number of carbonyl (C=O) groups excluding carboxylic acids is 2. The van der Waals surface area contributed by atoms with Crippen LogP contribution in [0.4, 0.5) is 9.59 Å². The average Bonchev–Trinajstić information content (AvgIpc) is 2.92. The van der Waals surface area contributed by atoms with Gasteiger partial charge in [0, 0.05) is 20.3 Å². The normalized spacial score (nSPS) is 17.4. The van der Waals surface area contributed by atoms with Crippen molar-refractivity contribution in [3.63, 3.8) is 0 Å². The third-order valence-electron chi connectivity index (χ3n) is 6.48. The van der Waals surface area contributed by atoms with E-state index in [2.05, 4.69) is 16.0 Å². The van der Waals surface area contributed by atoms with Crippen LogP contribution in [0.1, 0.15) is 71.8 Å².